The van der Waals surface area contributed by atoms with Crippen molar-refractivity contribution >= 4 is 5.91 Å². The summed E-state index contributed by atoms with van der Waals surface area (Å²) in [6.07, 6.45) is 0.160. The molecular formula is C17H23NO3. The smallest absolute Gasteiger partial charge is 0.253 e. The maximum absolute atomic E-state index is 12.4. The van der Waals surface area contributed by atoms with E-state index in [1.165, 1.54) is 0 Å². The minimum atomic E-state index is -0.191. The Morgan fingerprint density at radius 3 is 2.71 bits per heavy atom. The standard InChI is InChI=1S/C17H23NO3/c1-13(2)21-9-7-18(4)17(20)16-11-14(3)10-15(12-16)6-5-8-19/h10-13,19H,7-9H2,1-4H3. The van der Waals surface area contributed by atoms with Crippen molar-refractivity contribution in [1.29, 1.82) is 0 Å². The van der Waals surface area contributed by atoms with Gasteiger partial charge in [-0.2, -0.15) is 0 Å². The first-order valence-corrected chi connectivity index (χ1v) is 7.02. The summed E-state index contributed by atoms with van der Waals surface area (Å²) >= 11 is 0. The second kappa shape index (κ2) is 8.46. The third-order valence-electron chi connectivity index (χ3n) is 2.86. The van der Waals surface area contributed by atoms with Gasteiger partial charge < -0.3 is 14.7 Å². The number of aliphatic hydroxyl groups is 1. The van der Waals surface area contributed by atoms with Crippen LogP contribution >= 0.6 is 0 Å². The first-order chi connectivity index (χ1) is 9.93. The van der Waals surface area contributed by atoms with Crippen molar-refractivity contribution in [3.63, 3.8) is 0 Å². The van der Waals surface area contributed by atoms with Crippen LogP contribution in [0.1, 0.15) is 35.3 Å². The Bertz CT molecular complexity index is 541. The highest BCUT2D eigenvalue weighted by Crippen LogP contribution is 2.11. The molecule has 1 N–H and O–H groups in total. The third kappa shape index (κ3) is 5.99. The molecule has 114 valence electrons. The second-order valence-corrected chi connectivity index (χ2v) is 5.19. The number of amides is 1. The Balaban J connectivity index is 2.79. The van der Waals surface area contributed by atoms with Gasteiger partial charge in [0.2, 0.25) is 0 Å². The summed E-state index contributed by atoms with van der Waals surface area (Å²) < 4.78 is 5.46. The Labute approximate surface area is 126 Å². The fraction of sp³-hybridized carbons (Fsp3) is 0.471. The van der Waals surface area contributed by atoms with Crippen LogP contribution < -0.4 is 0 Å². The number of likely N-dealkylation sites (N-methyl/N-ethyl adjacent to an activating group) is 1. The quantitative estimate of drug-likeness (QED) is 0.841. The van der Waals surface area contributed by atoms with Crippen LogP contribution in [0.5, 0.6) is 0 Å². The van der Waals surface area contributed by atoms with Crippen molar-refractivity contribution in [2.24, 2.45) is 0 Å². The number of ether oxygens (including phenoxy) is 1. The van der Waals surface area contributed by atoms with Crippen LogP contribution in [0.25, 0.3) is 0 Å². The van der Waals surface area contributed by atoms with Crippen molar-refractivity contribution in [2.45, 2.75) is 26.9 Å². The number of aliphatic hydroxyl groups excluding tert-OH is 1. The van der Waals surface area contributed by atoms with Crippen LogP contribution in [0.4, 0.5) is 0 Å². The molecule has 1 rings (SSSR count). The lowest BCUT2D eigenvalue weighted by Gasteiger charge is -2.18. The van der Waals surface area contributed by atoms with E-state index in [2.05, 4.69) is 11.8 Å². The van der Waals surface area contributed by atoms with E-state index in [1.54, 1.807) is 18.0 Å². The molecule has 0 aliphatic rings. The molecule has 0 aromatic heterocycles. The zero-order valence-corrected chi connectivity index (χ0v) is 13.1. The van der Waals surface area contributed by atoms with E-state index in [1.807, 2.05) is 32.9 Å². The van der Waals surface area contributed by atoms with Crippen molar-refractivity contribution in [3.8, 4) is 11.8 Å². The van der Waals surface area contributed by atoms with Crippen LogP contribution in [-0.4, -0.2) is 48.8 Å². The molecule has 0 bridgehead atoms. The van der Waals surface area contributed by atoms with Crippen molar-refractivity contribution in [3.05, 3.63) is 34.9 Å². The number of hydrogen-bond donors (Lipinski definition) is 1. The average Bonchev–Trinajstić information content (AvgIpc) is 2.43. The first-order valence-electron chi connectivity index (χ1n) is 7.02. The highest BCUT2D eigenvalue weighted by molar-refractivity contribution is 5.94. The number of carbonyl (C=O) groups is 1. The van der Waals surface area contributed by atoms with Gasteiger partial charge in [-0.1, -0.05) is 11.8 Å². The van der Waals surface area contributed by atoms with Gasteiger partial charge in [-0.05, 0) is 44.5 Å². The SMILES string of the molecule is Cc1cc(C#CCO)cc(C(=O)N(C)CCOC(C)C)c1. The summed E-state index contributed by atoms with van der Waals surface area (Å²) in [6, 6.07) is 5.48. The maximum atomic E-state index is 12.4. The van der Waals surface area contributed by atoms with E-state index in [0.717, 1.165) is 11.1 Å². The summed E-state index contributed by atoms with van der Waals surface area (Å²) in [7, 11) is 1.76. The van der Waals surface area contributed by atoms with Crippen molar-refractivity contribution in [1.82, 2.24) is 4.90 Å². The Kier molecular flexibility index (Phi) is 6.93. The summed E-state index contributed by atoms with van der Waals surface area (Å²) in [5, 5.41) is 8.74. The highest BCUT2D eigenvalue weighted by atomic mass is 16.5. The van der Waals surface area contributed by atoms with Gasteiger partial charge in [0.05, 0.1) is 12.7 Å². The summed E-state index contributed by atoms with van der Waals surface area (Å²) in [4.78, 5) is 14.0. The number of rotatable bonds is 5. The first kappa shape index (κ1) is 17.2. The molecule has 1 aromatic carbocycles. The molecule has 0 unspecified atom stereocenters. The molecule has 0 aliphatic carbocycles. The fourth-order valence-electron chi connectivity index (χ4n) is 1.87. The highest BCUT2D eigenvalue weighted by Gasteiger charge is 2.12. The van der Waals surface area contributed by atoms with Crippen LogP contribution in [0, 0.1) is 18.8 Å². The molecule has 0 saturated carbocycles. The van der Waals surface area contributed by atoms with E-state index in [0.29, 0.717) is 18.7 Å². The zero-order valence-electron chi connectivity index (χ0n) is 13.1. The summed E-state index contributed by atoms with van der Waals surface area (Å²) in [6.45, 7) is 6.72. The number of benzene rings is 1. The minimum absolute atomic E-state index is 0.0573. The molecule has 21 heavy (non-hydrogen) atoms. The molecule has 4 nitrogen and oxygen atoms in total. The predicted molar refractivity (Wildman–Crippen MR) is 83.2 cm³/mol. The minimum Gasteiger partial charge on any atom is -0.384 e. The molecule has 0 saturated heterocycles. The molecular weight excluding hydrogens is 266 g/mol. The molecule has 0 atom stereocenters. The topological polar surface area (TPSA) is 49.8 Å². The lowest BCUT2D eigenvalue weighted by atomic mass is 10.1. The normalized spacial score (nSPS) is 10.2. The molecule has 0 spiro atoms. The number of carbonyl (C=O) groups excluding carboxylic acids is 1. The van der Waals surface area contributed by atoms with Crippen molar-refractivity contribution in [2.75, 3.05) is 26.8 Å². The maximum Gasteiger partial charge on any atom is 0.253 e. The molecule has 4 heteroatoms. The van der Waals surface area contributed by atoms with Crippen LogP contribution in [-0.2, 0) is 4.74 Å². The van der Waals surface area contributed by atoms with E-state index >= 15 is 0 Å². The number of nitrogens with zero attached hydrogens (tertiary/aromatic N) is 1. The average molecular weight is 289 g/mol. The Morgan fingerprint density at radius 2 is 2.10 bits per heavy atom. The summed E-state index contributed by atoms with van der Waals surface area (Å²) in [5.74, 6) is 5.37. The molecule has 0 radical (unpaired) electrons. The van der Waals surface area contributed by atoms with Gasteiger partial charge in [0.15, 0.2) is 0 Å². The van der Waals surface area contributed by atoms with Gasteiger partial charge in [-0.3, -0.25) is 4.79 Å². The molecule has 0 heterocycles. The lowest BCUT2D eigenvalue weighted by Crippen LogP contribution is -2.30. The Morgan fingerprint density at radius 1 is 1.38 bits per heavy atom. The van der Waals surface area contributed by atoms with E-state index in [4.69, 9.17) is 9.84 Å². The van der Waals surface area contributed by atoms with Crippen molar-refractivity contribution < 1.29 is 14.6 Å². The lowest BCUT2D eigenvalue weighted by molar-refractivity contribution is 0.0532. The zero-order chi connectivity index (χ0) is 15.8. The van der Waals surface area contributed by atoms with Gasteiger partial charge in [0.25, 0.3) is 5.91 Å². The van der Waals surface area contributed by atoms with Crippen LogP contribution in [0.15, 0.2) is 18.2 Å². The monoisotopic (exact) mass is 289 g/mol. The Hall–Kier alpha value is -1.83. The molecule has 1 aromatic rings. The molecule has 1 amide bonds. The predicted octanol–water partition coefficient (Wildman–Crippen LogP) is 1.84. The largest absolute Gasteiger partial charge is 0.384 e. The van der Waals surface area contributed by atoms with Gasteiger partial charge in [-0.15, -0.1) is 0 Å². The van der Waals surface area contributed by atoms with Gasteiger partial charge >= 0.3 is 0 Å². The number of aryl methyl sites for hydroxylation is 1. The van der Waals surface area contributed by atoms with Crippen LogP contribution in [0.2, 0.25) is 0 Å². The number of hydrogen-bond acceptors (Lipinski definition) is 3. The third-order valence-corrected chi connectivity index (χ3v) is 2.86. The van der Waals surface area contributed by atoms with Gasteiger partial charge in [0, 0.05) is 24.7 Å². The summed E-state index contributed by atoms with van der Waals surface area (Å²) in [5.41, 5.74) is 2.30. The fourth-order valence-corrected chi connectivity index (χ4v) is 1.87. The van der Waals surface area contributed by atoms with E-state index in [-0.39, 0.29) is 18.6 Å². The van der Waals surface area contributed by atoms with E-state index < -0.39 is 0 Å². The van der Waals surface area contributed by atoms with Gasteiger partial charge in [0.1, 0.15) is 6.61 Å². The second-order valence-electron chi connectivity index (χ2n) is 5.19. The molecule has 0 aliphatic heterocycles. The van der Waals surface area contributed by atoms with E-state index in [9.17, 15) is 4.79 Å². The van der Waals surface area contributed by atoms with Crippen LogP contribution in [0.3, 0.4) is 0 Å². The molecule has 0 fully saturated rings. The van der Waals surface area contributed by atoms with Gasteiger partial charge in [-0.25, -0.2) is 0 Å².